The predicted molar refractivity (Wildman–Crippen MR) is 90.1 cm³/mol. The minimum absolute atomic E-state index is 0.164. The molecular formula is C16H28N4S. The minimum atomic E-state index is 0.164. The maximum Gasteiger partial charge on any atom is 0.185 e. The van der Waals surface area contributed by atoms with E-state index in [0.717, 1.165) is 19.1 Å². The zero-order valence-electron chi connectivity index (χ0n) is 13.6. The molecule has 0 aromatic carbocycles. The summed E-state index contributed by atoms with van der Waals surface area (Å²) in [5.41, 5.74) is 0.164. The molecule has 5 heteroatoms. The Hall–Kier alpha value is -0.650. The fourth-order valence-corrected chi connectivity index (χ4v) is 4.14. The standard InChI is InChI=1S/C16H28N4S/c1-16(2,3)18-11-14-10-17-15(21-14)20-9-5-8-19-7-4-6-13(19)12-20/h10,13,18H,4-9,11-12H2,1-3H3. The topological polar surface area (TPSA) is 31.4 Å². The molecule has 21 heavy (non-hydrogen) atoms. The first-order valence-corrected chi connectivity index (χ1v) is 9.02. The molecule has 0 aliphatic carbocycles. The van der Waals surface area contributed by atoms with E-state index in [1.54, 1.807) is 0 Å². The molecule has 1 aromatic rings. The average molecular weight is 308 g/mol. The lowest BCUT2D eigenvalue weighted by molar-refractivity contribution is 0.273. The highest BCUT2D eigenvalue weighted by molar-refractivity contribution is 7.15. The molecule has 0 saturated carbocycles. The number of nitrogens with zero attached hydrogens (tertiary/aromatic N) is 3. The molecule has 0 amide bonds. The van der Waals surface area contributed by atoms with Crippen LogP contribution in [-0.2, 0) is 6.54 Å². The van der Waals surface area contributed by atoms with Gasteiger partial charge in [0, 0.05) is 48.8 Å². The van der Waals surface area contributed by atoms with Gasteiger partial charge in [0.1, 0.15) is 0 Å². The number of rotatable bonds is 3. The van der Waals surface area contributed by atoms with Crippen molar-refractivity contribution in [3.05, 3.63) is 11.1 Å². The van der Waals surface area contributed by atoms with Gasteiger partial charge in [0.25, 0.3) is 0 Å². The van der Waals surface area contributed by atoms with Crippen LogP contribution in [0.15, 0.2) is 6.20 Å². The molecule has 2 saturated heterocycles. The van der Waals surface area contributed by atoms with Crippen molar-refractivity contribution >= 4 is 16.5 Å². The van der Waals surface area contributed by atoms with Crippen LogP contribution < -0.4 is 10.2 Å². The van der Waals surface area contributed by atoms with Crippen molar-refractivity contribution < 1.29 is 0 Å². The normalized spacial score (nSPS) is 24.1. The van der Waals surface area contributed by atoms with Crippen LogP contribution in [0.1, 0.15) is 44.9 Å². The number of thiazole rings is 1. The zero-order chi connectivity index (χ0) is 14.9. The van der Waals surface area contributed by atoms with Crippen molar-refractivity contribution in [1.29, 1.82) is 0 Å². The number of nitrogens with one attached hydrogen (secondary N) is 1. The van der Waals surface area contributed by atoms with Gasteiger partial charge in [-0.25, -0.2) is 4.98 Å². The Morgan fingerprint density at radius 1 is 1.29 bits per heavy atom. The van der Waals surface area contributed by atoms with Crippen molar-refractivity contribution in [2.45, 2.75) is 58.2 Å². The maximum absolute atomic E-state index is 4.68. The Bertz CT molecular complexity index is 465. The maximum atomic E-state index is 4.68. The molecule has 2 fully saturated rings. The van der Waals surface area contributed by atoms with Gasteiger partial charge in [-0.05, 0) is 46.6 Å². The van der Waals surface area contributed by atoms with Crippen LogP contribution in [0, 0.1) is 0 Å². The minimum Gasteiger partial charge on any atom is -0.346 e. The van der Waals surface area contributed by atoms with Gasteiger partial charge in [-0.15, -0.1) is 11.3 Å². The summed E-state index contributed by atoms with van der Waals surface area (Å²) in [5, 5.41) is 4.76. The first-order valence-electron chi connectivity index (χ1n) is 8.20. The zero-order valence-corrected chi connectivity index (χ0v) is 14.4. The summed E-state index contributed by atoms with van der Waals surface area (Å²) >= 11 is 1.86. The molecule has 0 radical (unpaired) electrons. The van der Waals surface area contributed by atoms with Crippen LogP contribution in [0.3, 0.4) is 0 Å². The van der Waals surface area contributed by atoms with Crippen LogP contribution in [0.5, 0.6) is 0 Å². The first kappa shape index (κ1) is 15.3. The van der Waals surface area contributed by atoms with Crippen LogP contribution in [0.4, 0.5) is 5.13 Å². The molecule has 4 nitrogen and oxygen atoms in total. The summed E-state index contributed by atoms with van der Waals surface area (Å²) in [6, 6.07) is 0.757. The van der Waals surface area contributed by atoms with Gasteiger partial charge in [0.15, 0.2) is 5.13 Å². The lowest BCUT2D eigenvalue weighted by Crippen LogP contribution is -2.36. The molecule has 3 rings (SSSR count). The van der Waals surface area contributed by atoms with Crippen LogP contribution >= 0.6 is 11.3 Å². The highest BCUT2D eigenvalue weighted by atomic mass is 32.1. The van der Waals surface area contributed by atoms with Gasteiger partial charge < -0.3 is 10.2 Å². The van der Waals surface area contributed by atoms with Crippen molar-refractivity contribution in [2.75, 3.05) is 31.1 Å². The van der Waals surface area contributed by atoms with Crippen LogP contribution in [-0.4, -0.2) is 47.6 Å². The Labute approximate surface area is 132 Å². The van der Waals surface area contributed by atoms with Crippen molar-refractivity contribution in [2.24, 2.45) is 0 Å². The predicted octanol–water partition coefficient (Wildman–Crippen LogP) is 2.71. The Morgan fingerprint density at radius 2 is 2.10 bits per heavy atom. The number of hydrogen-bond donors (Lipinski definition) is 1. The van der Waals surface area contributed by atoms with E-state index in [9.17, 15) is 0 Å². The molecule has 1 atom stereocenters. The van der Waals surface area contributed by atoms with E-state index in [4.69, 9.17) is 0 Å². The summed E-state index contributed by atoms with van der Waals surface area (Å²) in [5.74, 6) is 0. The highest BCUT2D eigenvalue weighted by Gasteiger charge is 2.29. The molecule has 2 aliphatic rings. The molecule has 3 heterocycles. The summed E-state index contributed by atoms with van der Waals surface area (Å²) in [7, 11) is 0. The smallest absolute Gasteiger partial charge is 0.185 e. The van der Waals surface area contributed by atoms with E-state index in [2.05, 4.69) is 47.1 Å². The third-order valence-corrected chi connectivity index (χ3v) is 5.47. The lowest BCUT2D eigenvalue weighted by atomic mass is 10.1. The first-order chi connectivity index (χ1) is 10.0. The highest BCUT2D eigenvalue weighted by Crippen LogP contribution is 2.28. The van der Waals surface area contributed by atoms with E-state index in [1.807, 2.05) is 11.3 Å². The molecule has 1 unspecified atom stereocenters. The van der Waals surface area contributed by atoms with Crippen molar-refractivity contribution in [3.8, 4) is 0 Å². The third-order valence-electron chi connectivity index (χ3n) is 4.41. The second-order valence-corrected chi connectivity index (χ2v) is 8.44. The average Bonchev–Trinajstić information content (AvgIpc) is 3.01. The SMILES string of the molecule is CC(C)(C)NCc1cnc(N2CCCN3CCCC3C2)s1. The fraction of sp³-hybridized carbons (Fsp3) is 0.812. The second kappa shape index (κ2) is 6.23. The van der Waals surface area contributed by atoms with Crippen LogP contribution in [0.25, 0.3) is 0 Å². The molecule has 2 aliphatic heterocycles. The summed E-state index contributed by atoms with van der Waals surface area (Å²) in [6.45, 7) is 12.4. The molecule has 1 aromatic heterocycles. The molecular weight excluding hydrogens is 280 g/mol. The van der Waals surface area contributed by atoms with Crippen molar-refractivity contribution in [1.82, 2.24) is 15.2 Å². The molecule has 0 spiro atoms. The molecule has 1 N–H and O–H groups in total. The quantitative estimate of drug-likeness (QED) is 0.930. The van der Waals surface area contributed by atoms with E-state index < -0.39 is 0 Å². The van der Waals surface area contributed by atoms with Crippen LogP contribution in [0.2, 0.25) is 0 Å². The largest absolute Gasteiger partial charge is 0.346 e. The summed E-state index contributed by atoms with van der Waals surface area (Å²) < 4.78 is 0. The fourth-order valence-electron chi connectivity index (χ4n) is 3.26. The van der Waals surface area contributed by atoms with Crippen molar-refractivity contribution in [3.63, 3.8) is 0 Å². The van der Waals surface area contributed by atoms with Gasteiger partial charge in [0.2, 0.25) is 0 Å². The Balaban J connectivity index is 1.62. The molecule has 0 bridgehead atoms. The number of fused-ring (bicyclic) bond motifs is 1. The second-order valence-electron chi connectivity index (χ2n) is 7.34. The van der Waals surface area contributed by atoms with E-state index in [-0.39, 0.29) is 5.54 Å². The van der Waals surface area contributed by atoms with E-state index >= 15 is 0 Å². The van der Waals surface area contributed by atoms with Gasteiger partial charge in [-0.1, -0.05) is 0 Å². The molecule has 118 valence electrons. The van der Waals surface area contributed by atoms with Gasteiger partial charge in [0.05, 0.1) is 0 Å². The monoisotopic (exact) mass is 308 g/mol. The van der Waals surface area contributed by atoms with Gasteiger partial charge in [-0.2, -0.15) is 0 Å². The summed E-state index contributed by atoms with van der Waals surface area (Å²) in [4.78, 5) is 11.2. The number of hydrogen-bond acceptors (Lipinski definition) is 5. The summed E-state index contributed by atoms with van der Waals surface area (Å²) in [6.07, 6.45) is 6.05. The van der Waals surface area contributed by atoms with E-state index in [1.165, 1.54) is 48.9 Å². The Morgan fingerprint density at radius 3 is 2.90 bits per heavy atom. The van der Waals surface area contributed by atoms with Gasteiger partial charge >= 0.3 is 0 Å². The Kier molecular flexibility index (Phi) is 4.52. The lowest BCUT2D eigenvalue weighted by Gasteiger charge is -2.25. The number of aromatic nitrogens is 1. The third kappa shape index (κ3) is 3.96. The number of anilines is 1. The van der Waals surface area contributed by atoms with Gasteiger partial charge in [-0.3, -0.25) is 4.90 Å². The van der Waals surface area contributed by atoms with E-state index in [0.29, 0.717) is 0 Å².